The van der Waals surface area contributed by atoms with E-state index in [1.165, 1.54) is 6.92 Å². The van der Waals surface area contributed by atoms with Crippen molar-refractivity contribution in [3.05, 3.63) is 0 Å². The van der Waals surface area contributed by atoms with E-state index in [0.29, 0.717) is 0 Å². The zero-order chi connectivity index (χ0) is 11.0. The van der Waals surface area contributed by atoms with Crippen molar-refractivity contribution in [3.8, 4) is 0 Å². The number of rotatable bonds is 1. The highest BCUT2D eigenvalue weighted by molar-refractivity contribution is 5.66. The van der Waals surface area contributed by atoms with Gasteiger partial charge in [-0.05, 0) is 12.8 Å². The van der Waals surface area contributed by atoms with Gasteiger partial charge in [0.1, 0.15) is 0 Å². The van der Waals surface area contributed by atoms with E-state index < -0.39 is 11.8 Å². The monoisotopic (exact) mass is 200 g/mol. The van der Waals surface area contributed by atoms with E-state index in [0.717, 1.165) is 19.3 Å². The lowest BCUT2D eigenvalue weighted by atomic mass is 9.67. The molecule has 0 spiro atoms. The summed E-state index contributed by atoms with van der Waals surface area (Å²) >= 11 is 0. The van der Waals surface area contributed by atoms with E-state index in [4.69, 9.17) is 4.74 Å². The topological polar surface area (TPSA) is 46.5 Å². The van der Waals surface area contributed by atoms with E-state index in [1.54, 1.807) is 0 Å². The molecule has 0 aromatic heterocycles. The number of hydrogen-bond donors (Lipinski definition) is 1. The minimum Gasteiger partial charge on any atom is -0.433 e. The number of hydrogen-bond acceptors (Lipinski definition) is 3. The molecule has 2 atom stereocenters. The standard InChI is InChI=1S/C11H20O3/c1-8-6-5-7-10(3,4)11(8,13)14-9(2)12/h8,13H,5-7H2,1-4H3/t8-,11+/m1/s1. The molecule has 0 heterocycles. The minimum absolute atomic E-state index is 0.00940. The van der Waals surface area contributed by atoms with Gasteiger partial charge in [-0.2, -0.15) is 0 Å². The average Bonchev–Trinajstić information content (AvgIpc) is 1.99. The van der Waals surface area contributed by atoms with Crippen molar-refractivity contribution in [3.63, 3.8) is 0 Å². The normalized spacial score (nSPS) is 36.5. The summed E-state index contributed by atoms with van der Waals surface area (Å²) in [7, 11) is 0. The smallest absolute Gasteiger partial charge is 0.305 e. The Labute approximate surface area is 85.5 Å². The molecule has 0 unspecified atom stereocenters. The van der Waals surface area contributed by atoms with Crippen molar-refractivity contribution in [2.75, 3.05) is 0 Å². The summed E-state index contributed by atoms with van der Waals surface area (Å²) in [5.41, 5.74) is -0.351. The summed E-state index contributed by atoms with van der Waals surface area (Å²) in [6.45, 7) is 7.18. The maximum absolute atomic E-state index is 11.0. The van der Waals surface area contributed by atoms with Gasteiger partial charge in [0.25, 0.3) is 0 Å². The Balaban J connectivity index is 2.92. The number of carbonyl (C=O) groups excluding carboxylic acids is 1. The molecular weight excluding hydrogens is 180 g/mol. The number of ether oxygens (including phenoxy) is 1. The van der Waals surface area contributed by atoms with Crippen molar-refractivity contribution >= 4 is 5.97 Å². The second kappa shape index (κ2) is 3.54. The van der Waals surface area contributed by atoms with Crippen molar-refractivity contribution in [2.45, 2.75) is 52.7 Å². The van der Waals surface area contributed by atoms with Crippen LogP contribution in [0.2, 0.25) is 0 Å². The van der Waals surface area contributed by atoms with Crippen molar-refractivity contribution in [1.82, 2.24) is 0 Å². The molecule has 82 valence electrons. The van der Waals surface area contributed by atoms with Crippen LogP contribution in [0, 0.1) is 11.3 Å². The van der Waals surface area contributed by atoms with Gasteiger partial charge in [-0.15, -0.1) is 0 Å². The van der Waals surface area contributed by atoms with Crippen LogP contribution in [0.4, 0.5) is 0 Å². The van der Waals surface area contributed by atoms with Crippen molar-refractivity contribution < 1.29 is 14.6 Å². The van der Waals surface area contributed by atoms with Crippen LogP contribution in [0.3, 0.4) is 0 Å². The molecule has 1 N–H and O–H groups in total. The Hall–Kier alpha value is -0.570. The SMILES string of the molecule is CC(=O)O[C@@]1(O)[C@H](C)CCCC1(C)C. The van der Waals surface area contributed by atoms with Crippen LogP contribution >= 0.6 is 0 Å². The highest BCUT2D eigenvalue weighted by Gasteiger charge is 2.52. The first kappa shape index (κ1) is 11.5. The number of carbonyl (C=O) groups is 1. The van der Waals surface area contributed by atoms with E-state index in [-0.39, 0.29) is 11.3 Å². The molecule has 0 radical (unpaired) electrons. The minimum atomic E-state index is -1.29. The van der Waals surface area contributed by atoms with Crippen molar-refractivity contribution in [1.29, 1.82) is 0 Å². The van der Waals surface area contributed by atoms with Gasteiger partial charge in [-0.25, -0.2) is 0 Å². The average molecular weight is 200 g/mol. The fourth-order valence-electron chi connectivity index (χ4n) is 2.35. The van der Waals surface area contributed by atoms with Gasteiger partial charge in [-0.1, -0.05) is 27.2 Å². The van der Waals surface area contributed by atoms with Gasteiger partial charge in [0.15, 0.2) is 0 Å². The summed E-state index contributed by atoms with van der Waals surface area (Å²) in [6, 6.07) is 0. The first-order valence-corrected chi connectivity index (χ1v) is 5.21. The largest absolute Gasteiger partial charge is 0.433 e. The second-order valence-electron chi connectivity index (χ2n) is 4.97. The molecule has 0 bridgehead atoms. The third kappa shape index (κ3) is 1.78. The number of aliphatic hydroxyl groups is 1. The molecule has 1 aliphatic rings. The summed E-state index contributed by atoms with van der Waals surface area (Å²) in [5.74, 6) is -1.69. The Morgan fingerprint density at radius 2 is 2.07 bits per heavy atom. The first-order chi connectivity index (χ1) is 6.29. The lowest BCUT2D eigenvalue weighted by Gasteiger charge is -2.48. The quantitative estimate of drug-likeness (QED) is 0.520. The summed E-state index contributed by atoms with van der Waals surface area (Å²) in [6.07, 6.45) is 2.88. The Bertz CT molecular complexity index is 235. The lowest BCUT2D eigenvalue weighted by Crippen LogP contribution is -2.55. The van der Waals surface area contributed by atoms with Crippen LogP contribution < -0.4 is 0 Å². The molecule has 1 fully saturated rings. The van der Waals surface area contributed by atoms with Gasteiger partial charge < -0.3 is 9.84 Å². The van der Waals surface area contributed by atoms with E-state index >= 15 is 0 Å². The Morgan fingerprint density at radius 1 is 1.50 bits per heavy atom. The van der Waals surface area contributed by atoms with E-state index in [9.17, 15) is 9.90 Å². The van der Waals surface area contributed by atoms with Gasteiger partial charge in [-0.3, -0.25) is 4.79 Å². The highest BCUT2D eigenvalue weighted by atomic mass is 16.7. The predicted molar refractivity (Wildman–Crippen MR) is 53.5 cm³/mol. The lowest BCUT2D eigenvalue weighted by molar-refractivity contribution is -0.289. The predicted octanol–water partition coefficient (Wildman–Crippen LogP) is 2.08. The van der Waals surface area contributed by atoms with Crippen LogP contribution in [-0.2, 0) is 9.53 Å². The Morgan fingerprint density at radius 3 is 2.50 bits per heavy atom. The summed E-state index contributed by atoms with van der Waals surface area (Å²) < 4.78 is 5.12. The van der Waals surface area contributed by atoms with Gasteiger partial charge in [0.05, 0.1) is 0 Å². The van der Waals surface area contributed by atoms with E-state index in [1.807, 2.05) is 20.8 Å². The van der Waals surface area contributed by atoms with Crippen LogP contribution in [0.25, 0.3) is 0 Å². The Kier molecular flexibility index (Phi) is 2.91. The molecule has 0 aromatic carbocycles. The van der Waals surface area contributed by atoms with Crippen LogP contribution in [-0.4, -0.2) is 16.9 Å². The number of esters is 1. The van der Waals surface area contributed by atoms with Crippen LogP contribution in [0.15, 0.2) is 0 Å². The molecule has 0 aromatic rings. The molecule has 1 saturated carbocycles. The fourth-order valence-corrected chi connectivity index (χ4v) is 2.35. The van der Waals surface area contributed by atoms with Crippen molar-refractivity contribution in [2.24, 2.45) is 11.3 Å². The first-order valence-electron chi connectivity index (χ1n) is 5.21. The third-order valence-electron chi connectivity index (χ3n) is 3.38. The molecule has 1 aliphatic carbocycles. The van der Waals surface area contributed by atoms with Gasteiger partial charge in [0.2, 0.25) is 5.79 Å². The van der Waals surface area contributed by atoms with E-state index in [2.05, 4.69) is 0 Å². The molecule has 1 rings (SSSR count). The molecule has 0 aliphatic heterocycles. The van der Waals surface area contributed by atoms with Crippen LogP contribution in [0.1, 0.15) is 47.0 Å². The van der Waals surface area contributed by atoms with Gasteiger partial charge in [0, 0.05) is 18.3 Å². The molecule has 0 saturated heterocycles. The maximum Gasteiger partial charge on any atom is 0.305 e. The maximum atomic E-state index is 11.0. The summed E-state index contributed by atoms with van der Waals surface area (Å²) in [5, 5.41) is 10.4. The molecule has 3 nitrogen and oxygen atoms in total. The third-order valence-corrected chi connectivity index (χ3v) is 3.38. The molecule has 0 amide bonds. The molecular formula is C11H20O3. The summed E-state index contributed by atoms with van der Waals surface area (Å²) in [4.78, 5) is 11.0. The second-order valence-corrected chi connectivity index (χ2v) is 4.97. The van der Waals surface area contributed by atoms with Crippen LogP contribution in [0.5, 0.6) is 0 Å². The zero-order valence-electron chi connectivity index (χ0n) is 9.46. The zero-order valence-corrected chi connectivity index (χ0v) is 9.46. The molecule has 3 heteroatoms. The fraction of sp³-hybridized carbons (Fsp3) is 0.909. The van der Waals surface area contributed by atoms with Gasteiger partial charge >= 0.3 is 5.97 Å². The molecule has 14 heavy (non-hydrogen) atoms. The highest BCUT2D eigenvalue weighted by Crippen LogP contribution is 2.47.